The van der Waals surface area contributed by atoms with Crippen LogP contribution in [-0.2, 0) is 0 Å². The van der Waals surface area contributed by atoms with Crippen molar-refractivity contribution in [2.24, 2.45) is 0 Å². The van der Waals surface area contributed by atoms with E-state index in [0.717, 1.165) is 38.3 Å². The molecule has 1 aliphatic rings. The molecule has 1 atom stereocenters. The zero-order chi connectivity index (χ0) is 14.5. The van der Waals surface area contributed by atoms with Gasteiger partial charge >= 0.3 is 0 Å². The molecule has 1 heterocycles. The smallest absolute Gasteiger partial charge is 0.131 e. The van der Waals surface area contributed by atoms with Crippen molar-refractivity contribution in [3.63, 3.8) is 0 Å². The molecule has 1 aromatic carbocycles. The van der Waals surface area contributed by atoms with Crippen molar-refractivity contribution in [1.29, 1.82) is 0 Å². The summed E-state index contributed by atoms with van der Waals surface area (Å²) < 4.78 is 26.4. The molecule has 4 nitrogen and oxygen atoms in total. The molecule has 0 unspecified atom stereocenters. The first-order valence-electron chi connectivity index (χ1n) is 6.78. The molecule has 2 rings (SSSR count). The summed E-state index contributed by atoms with van der Waals surface area (Å²) in [5.41, 5.74) is 0.129. The van der Waals surface area contributed by atoms with Gasteiger partial charge in [-0.2, -0.15) is 0 Å². The number of nitrogens with zero attached hydrogens (tertiary/aromatic N) is 2. The Hall–Kier alpha value is -1.08. The first kappa shape index (κ1) is 15.3. The van der Waals surface area contributed by atoms with Crippen LogP contribution in [0.3, 0.4) is 0 Å². The average Bonchev–Trinajstić information content (AvgIpc) is 2.41. The molecule has 1 aromatic rings. The Morgan fingerprint density at radius 1 is 1.10 bits per heavy atom. The number of hydrogen-bond donors (Lipinski definition) is 2. The molecule has 20 heavy (non-hydrogen) atoms. The Morgan fingerprint density at radius 3 is 2.35 bits per heavy atom. The van der Waals surface area contributed by atoms with E-state index in [4.69, 9.17) is 5.11 Å². The predicted octanol–water partition coefficient (Wildman–Crippen LogP) is 0.608. The molecule has 112 valence electrons. The van der Waals surface area contributed by atoms with Crippen LogP contribution in [0.2, 0.25) is 0 Å². The summed E-state index contributed by atoms with van der Waals surface area (Å²) in [4.78, 5) is 4.18. The largest absolute Gasteiger partial charge is 0.395 e. The zero-order valence-electron chi connectivity index (χ0n) is 11.3. The Balaban J connectivity index is 1.87. The normalized spacial score (nSPS) is 19.2. The topological polar surface area (TPSA) is 46.9 Å². The van der Waals surface area contributed by atoms with E-state index in [9.17, 15) is 13.9 Å². The van der Waals surface area contributed by atoms with E-state index in [1.54, 1.807) is 0 Å². The highest BCUT2D eigenvalue weighted by molar-refractivity contribution is 5.21. The van der Waals surface area contributed by atoms with Gasteiger partial charge in [0.05, 0.1) is 12.7 Å². The van der Waals surface area contributed by atoms with Gasteiger partial charge in [-0.05, 0) is 6.07 Å². The van der Waals surface area contributed by atoms with Crippen LogP contribution in [-0.4, -0.2) is 65.9 Å². The average molecular weight is 286 g/mol. The van der Waals surface area contributed by atoms with Crippen LogP contribution >= 0.6 is 0 Å². The van der Waals surface area contributed by atoms with Gasteiger partial charge in [0.1, 0.15) is 11.6 Å². The molecule has 0 aliphatic carbocycles. The van der Waals surface area contributed by atoms with E-state index in [2.05, 4.69) is 4.90 Å². The van der Waals surface area contributed by atoms with Gasteiger partial charge in [-0.1, -0.05) is 6.07 Å². The lowest BCUT2D eigenvalue weighted by molar-refractivity contribution is 0.0646. The van der Waals surface area contributed by atoms with Crippen molar-refractivity contribution in [1.82, 2.24) is 9.80 Å². The van der Waals surface area contributed by atoms with Gasteiger partial charge in [0, 0.05) is 50.9 Å². The number of β-amino-alcohol motifs (C(OH)–C–C–N with tert-alkyl or cyclic N) is 2. The number of rotatable bonds is 5. The number of hydrogen-bond acceptors (Lipinski definition) is 4. The molecule has 6 heteroatoms. The fraction of sp³-hybridized carbons (Fsp3) is 0.571. The number of aliphatic hydroxyl groups excluding tert-OH is 2. The van der Waals surface area contributed by atoms with E-state index in [1.165, 1.54) is 6.07 Å². The van der Waals surface area contributed by atoms with Gasteiger partial charge in [-0.25, -0.2) is 8.78 Å². The third-order valence-corrected chi connectivity index (χ3v) is 3.63. The van der Waals surface area contributed by atoms with Crippen LogP contribution in [0.15, 0.2) is 18.2 Å². The maximum absolute atomic E-state index is 13.6. The van der Waals surface area contributed by atoms with Gasteiger partial charge in [-0.15, -0.1) is 0 Å². The van der Waals surface area contributed by atoms with Gasteiger partial charge in [0.25, 0.3) is 0 Å². The van der Waals surface area contributed by atoms with E-state index >= 15 is 0 Å². The first-order chi connectivity index (χ1) is 9.60. The molecule has 1 fully saturated rings. The monoisotopic (exact) mass is 286 g/mol. The molecule has 2 N–H and O–H groups in total. The summed E-state index contributed by atoms with van der Waals surface area (Å²) in [6, 6.07) is 3.23. The molecule has 0 amide bonds. The van der Waals surface area contributed by atoms with Crippen LogP contribution in [0.4, 0.5) is 8.78 Å². The Labute approximate surface area is 117 Å². The van der Waals surface area contributed by atoms with Crippen LogP contribution in [0.5, 0.6) is 0 Å². The molecular weight excluding hydrogens is 266 g/mol. The summed E-state index contributed by atoms with van der Waals surface area (Å²) in [5.74, 6) is -1.35. The highest BCUT2D eigenvalue weighted by atomic mass is 19.1. The molecule has 0 saturated carbocycles. The second kappa shape index (κ2) is 7.08. The fourth-order valence-electron chi connectivity index (χ4n) is 2.45. The van der Waals surface area contributed by atoms with Crippen molar-refractivity contribution < 1.29 is 19.0 Å². The lowest BCUT2D eigenvalue weighted by Gasteiger charge is -2.35. The summed E-state index contributed by atoms with van der Waals surface area (Å²) in [5, 5.41) is 18.9. The van der Waals surface area contributed by atoms with E-state index in [-0.39, 0.29) is 12.2 Å². The van der Waals surface area contributed by atoms with Crippen molar-refractivity contribution in [2.75, 3.05) is 45.9 Å². The summed E-state index contributed by atoms with van der Waals surface area (Å²) >= 11 is 0. The van der Waals surface area contributed by atoms with Gasteiger partial charge < -0.3 is 10.2 Å². The van der Waals surface area contributed by atoms with Crippen molar-refractivity contribution in [3.8, 4) is 0 Å². The summed E-state index contributed by atoms with van der Waals surface area (Å²) in [6.07, 6.45) is -0.958. The second-order valence-corrected chi connectivity index (χ2v) is 5.05. The predicted molar refractivity (Wildman–Crippen MR) is 71.3 cm³/mol. The molecular formula is C14H20F2N2O2. The summed E-state index contributed by atoms with van der Waals surface area (Å²) in [7, 11) is 0. The van der Waals surface area contributed by atoms with E-state index in [0.29, 0.717) is 13.1 Å². The van der Waals surface area contributed by atoms with Crippen molar-refractivity contribution in [3.05, 3.63) is 35.4 Å². The molecule has 0 spiro atoms. The molecule has 1 saturated heterocycles. The zero-order valence-corrected chi connectivity index (χ0v) is 11.3. The van der Waals surface area contributed by atoms with Gasteiger partial charge in [0.15, 0.2) is 0 Å². The molecule has 0 radical (unpaired) electrons. The van der Waals surface area contributed by atoms with Crippen LogP contribution in [0.25, 0.3) is 0 Å². The van der Waals surface area contributed by atoms with E-state index < -0.39 is 17.7 Å². The number of benzene rings is 1. The number of halogens is 2. The minimum Gasteiger partial charge on any atom is -0.395 e. The van der Waals surface area contributed by atoms with Gasteiger partial charge in [0.2, 0.25) is 0 Å². The number of aliphatic hydroxyl groups is 2. The Bertz CT molecular complexity index is 437. The summed E-state index contributed by atoms with van der Waals surface area (Å²) in [6.45, 7) is 4.29. The molecule has 0 bridgehead atoms. The minimum absolute atomic E-state index is 0.129. The third kappa shape index (κ3) is 3.96. The SMILES string of the molecule is OCCN1CCN(C[C@@H](O)c2ccc(F)cc2F)CC1. The second-order valence-electron chi connectivity index (χ2n) is 5.05. The highest BCUT2D eigenvalue weighted by Gasteiger charge is 2.21. The minimum atomic E-state index is -0.958. The van der Waals surface area contributed by atoms with Gasteiger partial charge in [-0.3, -0.25) is 9.80 Å². The van der Waals surface area contributed by atoms with Crippen molar-refractivity contribution >= 4 is 0 Å². The highest BCUT2D eigenvalue weighted by Crippen LogP contribution is 2.19. The van der Waals surface area contributed by atoms with Crippen molar-refractivity contribution in [2.45, 2.75) is 6.10 Å². The Morgan fingerprint density at radius 2 is 1.75 bits per heavy atom. The quantitative estimate of drug-likeness (QED) is 0.832. The first-order valence-corrected chi connectivity index (χ1v) is 6.78. The maximum Gasteiger partial charge on any atom is 0.131 e. The Kier molecular flexibility index (Phi) is 5.42. The third-order valence-electron chi connectivity index (χ3n) is 3.63. The number of piperazine rings is 1. The fourth-order valence-corrected chi connectivity index (χ4v) is 2.45. The van der Waals surface area contributed by atoms with E-state index in [1.807, 2.05) is 4.90 Å². The lowest BCUT2D eigenvalue weighted by Crippen LogP contribution is -2.48. The molecule has 0 aromatic heterocycles. The van der Waals surface area contributed by atoms with Crippen LogP contribution in [0, 0.1) is 11.6 Å². The molecule has 1 aliphatic heterocycles. The van der Waals surface area contributed by atoms with Crippen LogP contribution in [0.1, 0.15) is 11.7 Å². The standard InChI is InChI=1S/C14H20F2N2O2/c15-11-1-2-12(13(16)9-11)14(20)10-18-5-3-17(4-6-18)7-8-19/h1-2,9,14,19-20H,3-8,10H2/t14-/m1/s1. The lowest BCUT2D eigenvalue weighted by atomic mass is 10.1. The van der Waals surface area contributed by atoms with Crippen LogP contribution < -0.4 is 0 Å². The maximum atomic E-state index is 13.6.